The molecular weight excluding hydrogens is 631 g/mol. The van der Waals surface area contributed by atoms with Gasteiger partial charge in [0, 0.05) is 17.5 Å². The molecule has 0 unspecified atom stereocenters. The van der Waals surface area contributed by atoms with E-state index < -0.39 is 29.7 Å². The molecule has 5 aromatic rings. The molecule has 4 heterocycles. The third kappa shape index (κ3) is 7.10. The number of primary amides is 1. The third-order valence-electron chi connectivity index (χ3n) is 8.29. The van der Waals surface area contributed by atoms with Crippen molar-refractivity contribution in [3.63, 3.8) is 0 Å². The number of aliphatic hydroxyl groups excluding tert-OH is 1. The van der Waals surface area contributed by atoms with Crippen LogP contribution in [0, 0.1) is 5.82 Å². The Morgan fingerprint density at radius 2 is 1.84 bits per heavy atom. The highest BCUT2D eigenvalue weighted by Crippen LogP contribution is 2.31. The molecule has 3 aromatic heterocycles. The van der Waals surface area contributed by atoms with E-state index in [1.807, 2.05) is 34.6 Å². The Balaban J connectivity index is 1.32. The molecule has 0 atom stereocenters. The second-order valence-electron chi connectivity index (χ2n) is 13.7. The molecular formula is C35H39FN8O5. The van der Waals surface area contributed by atoms with Crippen LogP contribution in [0.2, 0.25) is 0 Å². The number of benzene rings is 2. The molecule has 1 saturated heterocycles. The van der Waals surface area contributed by atoms with Crippen molar-refractivity contribution in [1.29, 1.82) is 0 Å². The minimum absolute atomic E-state index is 0.0164. The highest BCUT2D eigenvalue weighted by atomic mass is 19.1. The van der Waals surface area contributed by atoms with Gasteiger partial charge in [0.25, 0.3) is 5.56 Å². The topological polar surface area (TPSA) is 163 Å². The number of aliphatic hydroxyl groups is 1. The van der Waals surface area contributed by atoms with Crippen LogP contribution in [0.5, 0.6) is 11.5 Å². The number of likely N-dealkylation sites (tertiary alicyclic amines) is 1. The molecule has 2 aromatic carbocycles. The number of aromatic nitrogens is 5. The van der Waals surface area contributed by atoms with Gasteiger partial charge in [0.1, 0.15) is 23.0 Å². The number of halogens is 1. The average molecular weight is 671 g/mol. The lowest BCUT2D eigenvalue weighted by Gasteiger charge is -2.38. The largest absolute Gasteiger partial charge is 0.485 e. The Bertz CT molecular complexity index is 2080. The first-order valence-electron chi connectivity index (χ1n) is 15.9. The van der Waals surface area contributed by atoms with Gasteiger partial charge in [0.2, 0.25) is 0 Å². The van der Waals surface area contributed by atoms with Gasteiger partial charge in [-0.05, 0) is 80.7 Å². The smallest absolute Gasteiger partial charge is 0.410 e. The van der Waals surface area contributed by atoms with Crippen LogP contribution in [-0.4, -0.2) is 65.9 Å². The Morgan fingerprint density at radius 3 is 2.47 bits per heavy atom. The zero-order valence-electron chi connectivity index (χ0n) is 28.0. The molecule has 0 bridgehead atoms. The highest BCUT2D eigenvalue weighted by molar-refractivity contribution is 5.82. The van der Waals surface area contributed by atoms with Gasteiger partial charge in [0.15, 0.2) is 11.6 Å². The van der Waals surface area contributed by atoms with Gasteiger partial charge in [-0.15, -0.1) is 5.10 Å². The van der Waals surface area contributed by atoms with E-state index in [4.69, 9.17) is 15.2 Å². The molecule has 1 amide bonds. The fourth-order valence-corrected chi connectivity index (χ4v) is 5.79. The number of nitrogens with one attached hydrogen (secondary N) is 1. The zero-order chi connectivity index (χ0) is 35.1. The van der Waals surface area contributed by atoms with E-state index in [-0.39, 0.29) is 33.6 Å². The predicted molar refractivity (Wildman–Crippen MR) is 183 cm³/mol. The van der Waals surface area contributed by atoms with Crippen LogP contribution in [0.3, 0.4) is 0 Å². The number of amides is 1. The van der Waals surface area contributed by atoms with Crippen molar-refractivity contribution < 1.29 is 23.8 Å². The van der Waals surface area contributed by atoms with Crippen molar-refractivity contribution >= 4 is 28.5 Å². The van der Waals surface area contributed by atoms with Gasteiger partial charge < -0.3 is 25.6 Å². The Labute approximate surface area is 282 Å². The second-order valence-corrected chi connectivity index (χ2v) is 13.7. The van der Waals surface area contributed by atoms with Gasteiger partial charge in [-0.25, -0.2) is 18.9 Å². The van der Waals surface area contributed by atoms with Crippen LogP contribution in [0.1, 0.15) is 52.2 Å². The molecule has 49 heavy (non-hydrogen) atoms. The third-order valence-corrected chi connectivity index (χ3v) is 8.29. The summed E-state index contributed by atoms with van der Waals surface area (Å²) < 4.78 is 29.2. The van der Waals surface area contributed by atoms with Gasteiger partial charge in [-0.3, -0.25) is 9.69 Å². The fourth-order valence-electron chi connectivity index (χ4n) is 5.79. The van der Waals surface area contributed by atoms with Crippen LogP contribution >= 0.6 is 0 Å². The van der Waals surface area contributed by atoms with Gasteiger partial charge in [0.05, 0.1) is 42.0 Å². The number of ether oxygens (including phenoxy) is 2. The molecule has 1 fully saturated rings. The summed E-state index contributed by atoms with van der Waals surface area (Å²) in [6.07, 6.45) is 4.53. The van der Waals surface area contributed by atoms with Crippen LogP contribution in [-0.2, 0) is 12.0 Å². The maximum atomic E-state index is 15.4. The first-order valence-corrected chi connectivity index (χ1v) is 15.9. The molecule has 0 spiro atoms. The van der Waals surface area contributed by atoms with Crippen molar-refractivity contribution in [2.24, 2.45) is 5.73 Å². The van der Waals surface area contributed by atoms with Crippen molar-refractivity contribution in [3.05, 3.63) is 88.4 Å². The number of carbonyl (C=O) groups is 1. The van der Waals surface area contributed by atoms with Crippen LogP contribution < -0.4 is 26.1 Å². The number of pyridine rings is 1. The van der Waals surface area contributed by atoms with Crippen molar-refractivity contribution in [3.8, 4) is 22.9 Å². The summed E-state index contributed by atoms with van der Waals surface area (Å²) in [6.45, 7) is 12.3. The number of fused-ring (bicyclic) bond motifs is 1. The molecule has 1 aliphatic rings. The monoisotopic (exact) mass is 670 g/mol. The van der Waals surface area contributed by atoms with Gasteiger partial charge in [-0.2, -0.15) is 9.78 Å². The second kappa shape index (κ2) is 12.9. The normalized spacial score (nSPS) is 13.7. The lowest BCUT2D eigenvalue weighted by Crippen LogP contribution is -2.48. The quantitative estimate of drug-likeness (QED) is 0.185. The van der Waals surface area contributed by atoms with Crippen molar-refractivity contribution in [2.45, 2.75) is 58.7 Å². The van der Waals surface area contributed by atoms with E-state index in [0.717, 1.165) is 29.9 Å². The number of anilines is 2. The van der Waals surface area contributed by atoms with E-state index in [0.29, 0.717) is 22.6 Å². The van der Waals surface area contributed by atoms with Crippen molar-refractivity contribution in [2.75, 3.05) is 25.0 Å². The van der Waals surface area contributed by atoms with E-state index in [1.54, 1.807) is 42.6 Å². The molecule has 0 aliphatic carbocycles. The Morgan fingerprint density at radius 1 is 1.08 bits per heavy atom. The van der Waals surface area contributed by atoms with E-state index in [9.17, 15) is 14.7 Å². The standard InChI is InChI=1S/C35H39FN8O5/c1-34(2,3)22-14-21-16-39-44(32(46)30(21)25(36)15-22)27-9-6-8-26(24(27)19-45)43-18-28(48-33(37)47)31(41-43)40-29-11-10-23(17-38-29)49-35(4,5)20-42-12-7-13-42/h6,8-11,14-18,45H,7,12-13,19-20H2,1-5H3,(H2,37,47)(H,38,40,41). The fraction of sp³-hybridized carbons (Fsp3) is 0.343. The zero-order valence-corrected chi connectivity index (χ0v) is 28.0. The summed E-state index contributed by atoms with van der Waals surface area (Å²) in [5, 5.41) is 22.7. The summed E-state index contributed by atoms with van der Waals surface area (Å²) in [4.78, 5) is 32.2. The molecule has 6 rings (SSSR count). The average Bonchev–Trinajstić information content (AvgIpc) is 3.40. The van der Waals surface area contributed by atoms with Gasteiger partial charge in [-0.1, -0.05) is 26.8 Å². The lowest BCUT2D eigenvalue weighted by atomic mass is 9.86. The van der Waals surface area contributed by atoms with Crippen LogP contribution in [0.15, 0.2) is 65.8 Å². The molecule has 13 nitrogen and oxygen atoms in total. The molecule has 0 saturated carbocycles. The summed E-state index contributed by atoms with van der Waals surface area (Å²) in [7, 11) is 0. The summed E-state index contributed by atoms with van der Waals surface area (Å²) in [5.74, 6) is 0.395. The number of hydrogen-bond acceptors (Lipinski definition) is 10. The van der Waals surface area contributed by atoms with E-state index >= 15 is 4.39 Å². The van der Waals surface area contributed by atoms with E-state index in [2.05, 4.69) is 25.4 Å². The highest BCUT2D eigenvalue weighted by Gasteiger charge is 2.27. The maximum Gasteiger partial charge on any atom is 0.410 e. The maximum absolute atomic E-state index is 15.4. The number of hydrogen-bond donors (Lipinski definition) is 3. The first kappa shape index (κ1) is 33.6. The van der Waals surface area contributed by atoms with Crippen molar-refractivity contribution in [1.82, 2.24) is 29.4 Å². The first-order chi connectivity index (χ1) is 23.2. The summed E-state index contributed by atoms with van der Waals surface area (Å²) in [5.41, 5.74) is 5.44. The SMILES string of the molecule is CC(C)(CN1CCC1)Oc1ccc(Nc2nn(-c3cccc(-n4ncc5cc(C(C)(C)C)cc(F)c5c4=O)c3CO)cc2OC(N)=O)nc1. The summed E-state index contributed by atoms with van der Waals surface area (Å²) in [6, 6.07) is 11.4. The Kier molecular flexibility index (Phi) is 8.86. The number of nitrogens with zero attached hydrogens (tertiary/aromatic N) is 6. The predicted octanol–water partition coefficient (Wildman–Crippen LogP) is 4.96. The molecule has 0 radical (unpaired) electrons. The minimum atomic E-state index is -1.07. The number of carbonyl (C=O) groups excluding carboxylic acids is 1. The minimum Gasteiger partial charge on any atom is -0.485 e. The molecule has 1 aliphatic heterocycles. The Hall–Kier alpha value is -5.34. The molecule has 256 valence electrons. The van der Waals surface area contributed by atoms with E-state index in [1.165, 1.54) is 29.6 Å². The summed E-state index contributed by atoms with van der Waals surface area (Å²) >= 11 is 0. The van der Waals surface area contributed by atoms with Crippen LogP contribution in [0.4, 0.5) is 20.8 Å². The molecule has 14 heteroatoms. The lowest BCUT2D eigenvalue weighted by molar-refractivity contribution is 0.0350. The number of rotatable bonds is 10. The van der Waals surface area contributed by atoms with Gasteiger partial charge >= 0.3 is 6.09 Å². The molecule has 4 N–H and O–H groups in total. The van der Waals surface area contributed by atoms with Crippen LogP contribution in [0.25, 0.3) is 22.1 Å². The number of nitrogens with two attached hydrogens (primary N) is 1.